The van der Waals surface area contributed by atoms with Crippen LogP contribution in [0.2, 0.25) is 0 Å². The van der Waals surface area contributed by atoms with Crippen molar-refractivity contribution >= 4 is 38.3 Å². The van der Waals surface area contributed by atoms with Crippen LogP contribution in [0.25, 0.3) is 0 Å². The van der Waals surface area contributed by atoms with Gasteiger partial charge in [0, 0.05) is 3.57 Å². The molecule has 0 bridgehead atoms. The molecule has 1 N–H and O–H groups in total. The molecule has 1 aromatic rings. The van der Waals surface area contributed by atoms with Crippen molar-refractivity contribution in [2.75, 3.05) is 10.5 Å². The summed E-state index contributed by atoms with van der Waals surface area (Å²) >= 11 is 1.90. The summed E-state index contributed by atoms with van der Waals surface area (Å²) in [5.41, 5.74) is 0.385. The van der Waals surface area contributed by atoms with Gasteiger partial charge in [-0.3, -0.25) is 4.72 Å². The third-order valence-electron chi connectivity index (χ3n) is 2.32. The molecule has 0 unspecified atom stereocenters. The molecule has 0 aliphatic rings. The highest BCUT2D eigenvalue weighted by Crippen LogP contribution is 2.23. The Balaban J connectivity index is 2.77. The first-order valence-corrected chi connectivity index (χ1v) is 8.28. The number of sulfonamides is 1. The van der Waals surface area contributed by atoms with Crippen LogP contribution >= 0.6 is 22.6 Å². The molecule has 18 heavy (non-hydrogen) atoms. The van der Waals surface area contributed by atoms with E-state index in [0.29, 0.717) is 15.7 Å². The van der Waals surface area contributed by atoms with Crippen LogP contribution in [0.4, 0.5) is 10.1 Å². The lowest BCUT2D eigenvalue weighted by Gasteiger charge is -2.18. The van der Waals surface area contributed by atoms with Gasteiger partial charge in [0.15, 0.2) is 0 Å². The highest BCUT2D eigenvalue weighted by Gasteiger charge is 2.18. The van der Waals surface area contributed by atoms with E-state index in [2.05, 4.69) is 4.72 Å². The third-order valence-corrected chi connectivity index (χ3v) is 4.48. The fourth-order valence-corrected chi connectivity index (χ4v) is 3.52. The van der Waals surface area contributed by atoms with Crippen molar-refractivity contribution in [1.82, 2.24) is 0 Å². The number of halogens is 2. The highest BCUT2D eigenvalue weighted by molar-refractivity contribution is 14.1. The van der Waals surface area contributed by atoms with Crippen molar-refractivity contribution in [3.63, 3.8) is 0 Å². The van der Waals surface area contributed by atoms with Crippen LogP contribution in [-0.4, -0.2) is 14.2 Å². The quantitative estimate of drug-likeness (QED) is 0.805. The van der Waals surface area contributed by atoms with Crippen LogP contribution < -0.4 is 4.72 Å². The van der Waals surface area contributed by atoms with Gasteiger partial charge in [0.1, 0.15) is 5.82 Å². The molecule has 0 aromatic heterocycles. The lowest BCUT2D eigenvalue weighted by Crippen LogP contribution is -2.21. The first kappa shape index (κ1) is 15.7. The normalized spacial score (nSPS) is 12.5. The second kappa shape index (κ2) is 5.73. The van der Waals surface area contributed by atoms with Gasteiger partial charge < -0.3 is 0 Å². The van der Waals surface area contributed by atoms with Crippen molar-refractivity contribution in [3.8, 4) is 0 Å². The maximum atomic E-state index is 12.9. The first-order chi connectivity index (χ1) is 8.09. The van der Waals surface area contributed by atoms with Gasteiger partial charge in [-0.25, -0.2) is 12.8 Å². The van der Waals surface area contributed by atoms with E-state index in [1.807, 2.05) is 43.4 Å². The van der Waals surface area contributed by atoms with Crippen molar-refractivity contribution in [2.45, 2.75) is 27.2 Å². The monoisotopic (exact) mass is 385 g/mol. The molecule has 0 radical (unpaired) electrons. The zero-order chi connectivity index (χ0) is 14.0. The van der Waals surface area contributed by atoms with E-state index in [1.165, 1.54) is 18.2 Å². The molecule has 0 saturated heterocycles. The molecule has 1 rings (SSSR count). The van der Waals surface area contributed by atoms with Gasteiger partial charge in [-0.05, 0) is 52.6 Å². The topological polar surface area (TPSA) is 46.2 Å². The molecule has 0 fully saturated rings. The molecule has 0 spiro atoms. The SMILES string of the molecule is CC(C)(C)CCS(=O)(=O)Nc1ccc(F)cc1I. The van der Waals surface area contributed by atoms with E-state index in [0.717, 1.165) is 0 Å². The summed E-state index contributed by atoms with van der Waals surface area (Å²) < 4.78 is 39.7. The third kappa shape index (κ3) is 5.51. The first-order valence-electron chi connectivity index (χ1n) is 5.55. The molecule has 0 heterocycles. The van der Waals surface area contributed by atoms with Crippen molar-refractivity contribution in [3.05, 3.63) is 27.6 Å². The Morgan fingerprint density at radius 1 is 1.33 bits per heavy atom. The molecule has 102 valence electrons. The van der Waals surface area contributed by atoms with Crippen LogP contribution in [0.1, 0.15) is 27.2 Å². The van der Waals surface area contributed by atoms with Gasteiger partial charge in [0.25, 0.3) is 0 Å². The average molecular weight is 385 g/mol. The smallest absolute Gasteiger partial charge is 0.232 e. The largest absolute Gasteiger partial charge is 0.282 e. The summed E-state index contributed by atoms with van der Waals surface area (Å²) in [5.74, 6) is -0.318. The van der Waals surface area contributed by atoms with E-state index in [1.54, 1.807) is 0 Å². The standard InChI is InChI=1S/C12H17FINO2S/c1-12(2,3)6-7-18(16,17)15-11-5-4-9(13)8-10(11)14/h4-5,8,15H,6-7H2,1-3H3. The minimum atomic E-state index is -3.38. The second-order valence-corrected chi connectivity index (χ2v) is 8.36. The van der Waals surface area contributed by atoms with Crippen molar-refractivity contribution < 1.29 is 12.8 Å². The number of hydrogen-bond acceptors (Lipinski definition) is 2. The average Bonchev–Trinajstić information content (AvgIpc) is 2.19. The van der Waals surface area contributed by atoms with Crippen LogP contribution in [-0.2, 0) is 10.0 Å². The molecular formula is C12H17FINO2S. The van der Waals surface area contributed by atoms with E-state index in [-0.39, 0.29) is 17.0 Å². The van der Waals surface area contributed by atoms with Crippen LogP contribution in [0, 0.1) is 14.8 Å². The molecule has 6 heteroatoms. The van der Waals surface area contributed by atoms with Crippen LogP contribution in [0.5, 0.6) is 0 Å². The van der Waals surface area contributed by atoms with Crippen molar-refractivity contribution in [2.24, 2.45) is 5.41 Å². The Hall–Kier alpha value is -0.370. The molecule has 3 nitrogen and oxygen atoms in total. The zero-order valence-corrected chi connectivity index (χ0v) is 13.6. The summed E-state index contributed by atoms with van der Waals surface area (Å²) in [7, 11) is -3.38. The molecular weight excluding hydrogens is 368 g/mol. The minimum Gasteiger partial charge on any atom is -0.282 e. The predicted octanol–water partition coefficient (Wildman–Crippen LogP) is 3.61. The molecule has 0 amide bonds. The highest BCUT2D eigenvalue weighted by atomic mass is 127. The molecule has 0 aliphatic carbocycles. The summed E-state index contributed by atoms with van der Waals surface area (Å²) in [5, 5.41) is 0. The Morgan fingerprint density at radius 2 is 1.94 bits per heavy atom. The summed E-state index contributed by atoms with van der Waals surface area (Å²) in [4.78, 5) is 0. The minimum absolute atomic E-state index is 0.0370. The van der Waals surface area contributed by atoms with E-state index in [4.69, 9.17) is 0 Å². The number of benzene rings is 1. The summed E-state index contributed by atoms with van der Waals surface area (Å²) in [6.45, 7) is 5.97. The van der Waals surface area contributed by atoms with Crippen molar-refractivity contribution in [1.29, 1.82) is 0 Å². The molecule has 0 aliphatic heterocycles. The van der Waals surface area contributed by atoms with Gasteiger partial charge >= 0.3 is 0 Å². The number of anilines is 1. The number of rotatable bonds is 4. The second-order valence-electron chi connectivity index (χ2n) is 5.36. The summed E-state index contributed by atoms with van der Waals surface area (Å²) in [6.07, 6.45) is 0.570. The maximum Gasteiger partial charge on any atom is 0.232 e. The Labute approximate surface area is 121 Å². The predicted molar refractivity (Wildman–Crippen MR) is 80.6 cm³/mol. The van der Waals surface area contributed by atoms with E-state index in [9.17, 15) is 12.8 Å². The Kier molecular flexibility index (Phi) is 4.99. The van der Waals surface area contributed by atoms with Gasteiger partial charge in [-0.15, -0.1) is 0 Å². The maximum absolute atomic E-state index is 12.9. The van der Waals surface area contributed by atoms with E-state index >= 15 is 0 Å². The lowest BCUT2D eigenvalue weighted by molar-refractivity contribution is 0.397. The molecule has 0 saturated carbocycles. The Bertz CT molecular complexity index is 523. The fourth-order valence-electron chi connectivity index (χ4n) is 1.23. The van der Waals surface area contributed by atoms with Gasteiger partial charge in [0.05, 0.1) is 11.4 Å². The van der Waals surface area contributed by atoms with E-state index < -0.39 is 10.0 Å². The number of hydrogen-bond donors (Lipinski definition) is 1. The molecule has 0 atom stereocenters. The van der Waals surface area contributed by atoms with Gasteiger partial charge in [0.2, 0.25) is 10.0 Å². The summed E-state index contributed by atoms with van der Waals surface area (Å²) in [6, 6.07) is 3.97. The molecule has 1 aromatic carbocycles. The van der Waals surface area contributed by atoms with Crippen LogP contribution in [0.3, 0.4) is 0 Å². The Morgan fingerprint density at radius 3 is 2.44 bits per heavy atom. The fraction of sp³-hybridized carbons (Fsp3) is 0.500. The van der Waals surface area contributed by atoms with Crippen LogP contribution in [0.15, 0.2) is 18.2 Å². The zero-order valence-electron chi connectivity index (χ0n) is 10.6. The van der Waals surface area contributed by atoms with Gasteiger partial charge in [-0.2, -0.15) is 0 Å². The van der Waals surface area contributed by atoms with Gasteiger partial charge in [-0.1, -0.05) is 20.8 Å². The lowest BCUT2D eigenvalue weighted by atomic mass is 9.94. The number of nitrogens with one attached hydrogen (secondary N) is 1.